The lowest BCUT2D eigenvalue weighted by Gasteiger charge is -2.08. The van der Waals surface area contributed by atoms with E-state index >= 15 is 0 Å². The number of nitrogens with zero attached hydrogens (tertiary/aromatic N) is 1. The van der Waals surface area contributed by atoms with E-state index in [1.807, 2.05) is 0 Å². The average molecular weight is 219 g/mol. The first-order chi connectivity index (χ1) is 7.64. The van der Waals surface area contributed by atoms with Crippen LogP contribution in [-0.2, 0) is 14.9 Å². The molecule has 0 amide bonds. The molecule has 1 aliphatic carbocycles. The van der Waals surface area contributed by atoms with E-state index in [1.165, 1.54) is 12.1 Å². The maximum atomic E-state index is 11.6. The maximum Gasteiger partial charge on any atom is 0.317 e. The number of hydrogen-bond acceptors (Lipinski definition) is 4. The molecule has 5 heteroatoms. The Morgan fingerprint density at radius 1 is 1.50 bits per heavy atom. The average Bonchev–Trinajstić information content (AvgIpc) is 2.94. The molecule has 0 unspecified atom stereocenters. The lowest BCUT2D eigenvalue weighted by molar-refractivity contribution is -0.384. The molecule has 0 bridgehead atoms. The molecule has 0 aromatic heterocycles. The van der Waals surface area contributed by atoms with E-state index < -0.39 is 10.3 Å². The second kappa shape index (κ2) is 2.81. The van der Waals surface area contributed by atoms with Crippen LogP contribution in [0.4, 0.5) is 5.69 Å². The summed E-state index contributed by atoms with van der Waals surface area (Å²) in [5.74, 6) is -0.0278. The van der Waals surface area contributed by atoms with Gasteiger partial charge in [0.15, 0.2) is 0 Å². The quantitative estimate of drug-likeness (QED) is 0.428. The molecule has 3 rings (SSSR count). The Morgan fingerprint density at radius 2 is 2.31 bits per heavy atom. The van der Waals surface area contributed by atoms with E-state index in [-0.39, 0.29) is 17.6 Å². The minimum atomic E-state index is -0.577. The Morgan fingerprint density at radius 3 is 2.88 bits per heavy atom. The van der Waals surface area contributed by atoms with Gasteiger partial charge in [0, 0.05) is 18.1 Å². The van der Waals surface area contributed by atoms with Gasteiger partial charge in [-0.05, 0) is 12.0 Å². The van der Waals surface area contributed by atoms with Crippen LogP contribution in [0.3, 0.4) is 0 Å². The summed E-state index contributed by atoms with van der Waals surface area (Å²) in [5, 5.41) is 10.7. The van der Waals surface area contributed by atoms with Crippen LogP contribution < -0.4 is 0 Å². The molecule has 1 saturated carbocycles. The van der Waals surface area contributed by atoms with E-state index in [0.717, 1.165) is 6.42 Å². The van der Waals surface area contributed by atoms with Crippen molar-refractivity contribution in [3.05, 3.63) is 39.9 Å². The number of benzene rings is 1. The van der Waals surface area contributed by atoms with E-state index in [2.05, 4.69) is 0 Å². The summed E-state index contributed by atoms with van der Waals surface area (Å²) < 4.78 is 4.96. The zero-order valence-electron chi connectivity index (χ0n) is 8.38. The minimum Gasteiger partial charge on any atom is -0.465 e. The van der Waals surface area contributed by atoms with Crippen LogP contribution in [0.1, 0.15) is 12.0 Å². The van der Waals surface area contributed by atoms with Crippen molar-refractivity contribution >= 4 is 11.7 Å². The van der Waals surface area contributed by atoms with Gasteiger partial charge < -0.3 is 4.74 Å². The first-order valence-corrected chi connectivity index (χ1v) is 5.07. The normalized spacial score (nSPS) is 30.8. The monoisotopic (exact) mass is 219 g/mol. The number of carbonyl (C=O) groups is 1. The molecule has 0 spiro atoms. The third-order valence-electron chi connectivity index (χ3n) is 3.46. The summed E-state index contributed by atoms with van der Waals surface area (Å²) in [6.45, 7) is 0.446. The fraction of sp³-hybridized carbons (Fsp3) is 0.364. The molecule has 1 saturated heterocycles. The van der Waals surface area contributed by atoms with Gasteiger partial charge in [-0.2, -0.15) is 0 Å². The summed E-state index contributed by atoms with van der Waals surface area (Å²) in [7, 11) is 0. The highest BCUT2D eigenvalue weighted by molar-refractivity contribution is 5.90. The lowest BCUT2D eigenvalue weighted by Crippen LogP contribution is -2.18. The molecule has 1 aromatic rings. The highest BCUT2D eigenvalue weighted by Gasteiger charge is 2.67. The van der Waals surface area contributed by atoms with Crippen LogP contribution in [0.2, 0.25) is 0 Å². The Bertz CT molecular complexity index is 499. The summed E-state index contributed by atoms with van der Waals surface area (Å²) in [6.07, 6.45) is 0.757. The van der Waals surface area contributed by atoms with E-state index in [0.29, 0.717) is 12.2 Å². The van der Waals surface area contributed by atoms with Crippen molar-refractivity contribution in [2.45, 2.75) is 11.8 Å². The van der Waals surface area contributed by atoms with Crippen LogP contribution >= 0.6 is 0 Å². The zero-order valence-corrected chi connectivity index (χ0v) is 8.38. The van der Waals surface area contributed by atoms with Gasteiger partial charge in [0.2, 0.25) is 0 Å². The number of non-ortho nitro benzene ring substituents is 1. The SMILES string of the molecule is O=C1OC[C@H]2C[C@]12c1cccc([N+](=O)[O-])c1. The third-order valence-corrected chi connectivity index (χ3v) is 3.46. The molecule has 0 radical (unpaired) electrons. The largest absolute Gasteiger partial charge is 0.465 e. The molecule has 2 fully saturated rings. The van der Waals surface area contributed by atoms with Crippen LogP contribution in [0, 0.1) is 16.0 Å². The summed E-state index contributed by atoms with van der Waals surface area (Å²) in [6, 6.07) is 6.28. The molecule has 1 aliphatic heterocycles. The second-order valence-corrected chi connectivity index (χ2v) is 4.28. The molecule has 1 aromatic carbocycles. The molecule has 5 nitrogen and oxygen atoms in total. The number of fused-ring (bicyclic) bond motifs is 1. The van der Waals surface area contributed by atoms with Gasteiger partial charge in [0.1, 0.15) is 0 Å². The second-order valence-electron chi connectivity index (χ2n) is 4.28. The summed E-state index contributed by atoms with van der Waals surface area (Å²) >= 11 is 0. The Balaban J connectivity index is 2.05. The smallest absolute Gasteiger partial charge is 0.317 e. The highest BCUT2D eigenvalue weighted by Crippen LogP contribution is 2.59. The Kier molecular flexibility index (Phi) is 1.64. The fourth-order valence-corrected chi connectivity index (χ4v) is 2.45. The Hall–Kier alpha value is -1.91. The van der Waals surface area contributed by atoms with Gasteiger partial charge in [-0.15, -0.1) is 0 Å². The van der Waals surface area contributed by atoms with Gasteiger partial charge in [-0.25, -0.2) is 0 Å². The van der Waals surface area contributed by atoms with E-state index in [4.69, 9.17) is 4.74 Å². The number of carbonyl (C=O) groups excluding carboxylic acids is 1. The van der Waals surface area contributed by atoms with Gasteiger partial charge in [0.05, 0.1) is 16.9 Å². The number of cyclic esters (lactones) is 1. The number of hydrogen-bond donors (Lipinski definition) is 0. The molecule has 1 heterocycles. The Labute approximate surface area is 91.2 Å². The molecule has 16 heavy (non-hydrogen) atoms. The predicted octanol–water partition coefficient (Wildman–Crippen LogP) is 1.41. The molecule has 2 aliphatic rings. The molecular formula is C11H9NO4. The van der Waals surface area contributed by atoms with Crippen molar-refractivity contribution in [2.24, 2.45) is 5.92 Å². The summed E-state index contributed by atoms with van der Waals surface area (Å²) in [4.78, 5) is 21.8. The number of nitro groups is 1. The molecular weight excluding hydrogens is 210 g/mol. The van der Waals surface area contributed by atoms with Crippen LogP contribution in [0.15, 0.2) is 24.3 Å². The standard InChI is InChI=1S/C11H9NO4/c13-10-11(5-8(11)6-16-10)7-2-1-3-9(4-7)12(14)15/h1-4,8H,5-6H2/t8-,11-/m1/s1. The molecule has 0 N–H and O–H groups in total. The van der Waals surface area contributed by atoms with Gasteiger partial charge >= 0.3 is 5.97 Å². The van der Waals surface area contributed by atoms with Crippen molar-refractivity contribution in [1.29, 1.82) is 0 Å². The molecule has 2 atom stereocenters. The van der Waals surface area contributed by atoms with E-state index in [1.54, 1.807) is 12.1 Å². The summed E-state index contributed by atoms with van der Waals surface area (Å²) in [5.41, 5.74) is 0.165. The van der Waals surface area contributed by atoms with Crippen molar-refractivity contribution in [1.82, 2.24) is 0 Å². The van der Waals surface area contributed by atoms with E-state index in [9.17, 15) is 14.9 Å². The number of rotatable bonds is 2. The lowest BCUT2D eigenvalue weighted by atomic mass is 9.94. The van der Waals surface area contributed by atoms with Crippen molar-refractivity contribution in [3.8, 4) is 0 Å². The number of ether oxygens (including phenoxy) is 1. The first kappa shape index (κ1) is 9.33. The maximum absolute atomic E-state index is 11.6. The van der Waals surface area contributed by atoms with Crippen LogP contribution in [0.5, 0.6) is 0 Å². The van der Waals surface area contributed by atoms with Crippen LogP contribution in [0.25, 0.3) is 0 Å². The third kappa shape index (κ3) is 1.02. The van der Waals surface area contributed by atoms with Crippen LogP contribution in [-0.4, -0.2) is 17.5 Å². The van der Waals surface area contributed by atoms with Gasteiger partial charge in [0.25, 0.3) is 5.69 Å². The number of nitro benzene ring substituents is 1. The van der Waals surface area contributed by atoms with Crippen molar-refractivity contribution in [3.63, 3.8) is 0 Å². The predicted molar refractivity (Wildman–Crippen MR) is 53.8 cm³/mol. The topological polar surface area (TPSA) is 69.4 Å². The first-order valence-electron chi connectivity index (χ1n) is 5.07. The number of esters is 1. The zero-order chi connectivity index (χ0) is 11.3. The van der Waals surface area contributed by atoms with Crippen molar-refractivity contribution in [2.75, 3.05) is 6.61 Å². The van der Waals surface area contributed by atoms with Crippen molar-refractivity contribution < 1.29 is 14.5 Å². The molecule has 82 valence electrons. The minimum absolute atomic E-state index is 0.0252. The van der Waals surface area contributed by atoms with Gasteiger partial charge in [-0.3, -0.25) is 14.9 Å². The fourth-order valence-electron chi connectivity index (χ4n) is 2.45. The highest BCUT2D eigenvalue weighted by atomic mass is 16.6. The van der Waals surface area contributed by atoms with Gasteiger partial charge in [-0.1, -0.05) is 12.1 Å².